The Hall–Kier alpha value is -7.76. The van der Waals surface area contributed by atoms with Gasteiger partial charge in [0.25, 0.3) is 0 Å². The molecular formula is C57H46B10N4O. The molecule has 0 amide bonds. The van der Waals surface area contributed by atoms with Gasteiger partial charge in [0.1, 0.15) is 89.6 Å². The van der Waals surface area contributed by atoms with Crippen LogP contribution >= 0.6 is 0 Å². The van der Waals surface area contributed by atoms with Crippen LogP contribution in [0.4, 0.5) is 0 Å². The number of nitrogens with zero attached hydrogens (tertiary/aromatic N) is 4. The van der Waals surface area contributed by atoms with Gasteiger partial charge in [-0.3, -0.25) is 0 Å². The highest BCUT2D eigenvalue weighted by atomic mass is 16.3. The molecule has 9 aromatic carbocycles. The smallest absolute Gasteiger partial charge is 0.164 e. The number of hydrogen-bond acceptors (Lipinski definition) is 4. The molecule has 0 aliphatic rings. The number of benzene rings is 9. The number of aromatic nitrogens is 4. The fourth-order valence-corrected chi connectivity index (χ4v) is 11.8. The SMILES string of the molecule is Bc1cc(B)c(-c2c(B)c(B)c3c(c2B)c2c(B)c(B)c(B)c(B)c2n3-c2cc(-c3ccc4oc5cccc(-c6nc(-c7ccccc7)nc(-c7ccccc7)n6)c5c4c3)ccc2-c2ccccc2)c(B)c1. The average Bonchev–Trinajstić information content (AvgIpc) is 3.97. The van der Waals surface area contributed by atoms with Gasteiger partial charge in [0.2, 0.25) is 0 Å². The third kappa shape index (κ3) is 7.19. The summed E-state index contributed by atoms with van der Waals surface area (Å²) in [7, 11) is 23.1. The summed E-state index contributed by atoms with van der Waals surface area (Å²) < 4.78 is 9.28. The second-order valence-electron chi connectivity index (χ2n) is 19.9. The van der Waals surface area contributed by atoms with E-state index in [1.807, 2.05) is 72.8 Å². The van der Waals surface area contributed by atoms with E-state index < -0.39 is 0 Å². The van der Waals surface area contributed by atoms with Crippen LogP contribution in [0.15, 0.2) is 162 Å². The molecule has 0 atom stereocenters. The number of furan rings is 1. The van der Waals surface area contributed by atoms with E-state index in [0.29, 0.717) is 17.5 Å². The van der Waals surface area contributed by atoms with Crippen LogP contribution in [-0.4, -0.2) is 98.0 Å². The van der Waals surface area contributed by atoms with E-state index in [4.69, 9.17) is 19.4 Å². The van der Waals surface area contributed by atoms with Crippen LogP contribution < -0.4 is 54.6 Å². The normalized spacial score (nSPS) is 11.6. The van der Waals surface area contributed by atoms with E-state index in [1.54, 1.807) is 0 Å². The Morgan fingerprint density at radius 3 is 1.50 bits per heavy atom. The maximum Gasteiger partial charge on any atom is 0.164 e. The first kappa shape index (κ1) is 45.4. The standard InChI is InChI=1S/C57H46B10N4O/c58-32-25-36(59)42(37(60)26-32)43-46(61)44-45-48(63)49(64)50(65)52(67)54(45)71(53(44)51(66)47(43)62)38-24-31(19-21-33(38)27-11-4-1-5-12-27)30-20-22-39-35(23-30)41-34(17-10-18-40(41)72-39)57-69-55(28-13-6-2-7-14-28)68-56(70-57)29-15-8-3-9-16-29/h1-26H,58-67H2. The highest BCUT2D eigenvalue weighted by molar-refractivity contribution is 6.70. The molecular weight excluding hydrogens is 865 g/mol. The Labute approximate surface area is 429 Å². The molecule has 3 aromatic heterocycles. The second kappa shape index (κ2) is 17.5. The molecule has 72 heavy (non-hydrogen) atoms. The number of hydrogen-bond donors (Lipinski definition) is 0. The van der Waals surface area contributed by atoms with Gasteiger partial charge in [-0.15, -0.1) is 5.46 Å². The molecule has 0 saturated carbocycles. The van der Waals surface area contributed by atoms with Crippen molar-refractivity contribution in [3.8, 4) is 73.2 Å². The van der Waals surface area contributed by atoms with Gasteiger partial charge in [-0.25, -0.2) is 15.0 Å². The van der Waals surface area contributed by atoms with E-state index >= 15 is 0 Å². The minimum Gasteiger partial charge on any atom is -0.456 e. The Balaban J connectivity index is 1.13. The molecule has 12 rings (SSSR count). The maximum absolute atomic E-state index is 6.66. The van der Waals surface area contributed by atoms with Crippen molar-refractivity contribution in [3.05, 3.63) is 158 Å². The molecule has 0 unspecified atom stereocenters. The zero-order chi connectivity index (χ0) is 49.7. The van der Waals surface area contributed by atoms with Gasteiger partial charge >= 0.3 is 0 Å². The van der Waals surface area contributed by atoms with Crippen molar-refractivity contribution in [3.63, 3.8) is 0 Å². The summed E-state index contributed by atoms with van der Waals surface area (Å²) in [6.07, 6.45) is 0. The predicted molar refractivity (Wildman–Crippen MR) is 336 cm³/mol. The fourth-order valence-electron chi connectivity index (χ4n) is 11.8. The van der Waals surface area contributed by atoms with Gasteiger partial charge in [0.05, 0.1) is 5.69 Å². The number of rotatable bonds is 7. The van der Waals surface area contributed by atoms with Crippen LogP contribution in [0.5, 0.6) is 0 Å². The fraction of sp³-hybridized carbons (Fsp3) is 0. The Morgan fingerprint density at radius 2 is 0.875 bits per heavy atom. The first-order valence-electron chi connectivity index (χ1n) is 25.0. The van der Waals surface area contributed by atoms with Crippen molar-refractivity contribution in [2.75, 3.05) is 0 Å². The van der Waals surface area contributed by atoms with Crippen molar-refractivity contribution in [2.45, 2.75) is 0 Å². The van der Waals surface area contributed by atoms with Gasteiger partial charge in [-0.05, 0) is 57.5 Å². The van der Waals surface area contributed by atoms with Crippen molar-refractivity contribution >= 4 is 177 Å². The highest BCUT2D eigenvalue weighted by Crippen LogP contribution is 2.41. The molecule has 15 heteroatoms. The maximum atomic E-state index is 6.66. The summed E-state index contributed by atoms with van der Waals surface area (Å²) >= 11 is 0. The summed E-state index contributed by atoms with van der Waals surface area (Å²) in [6, 6.07) is 55.6. The van der Waals surface area contributed by atoms with Gasteiger partial charge in [-0.1, -0.05) is 183 Å². The van der Waals surface area contributed by atoms with Gasteiger partial charge in [0.15, 0.2) is 17.5 Å². The molecule has 12 aromatic rings. The van der Waals surface area contributed by atoms with E-state index in [9.17, 15) is 0 Å². The van der Waals surface area contributed by atoms with Crippen LogP contribution in [0, 0.1) is 0 Å². The third-order valence-corrected chi connectivity index (χ3v) is 15.7. The quantitative estimate of drug-likeness (QED) is 0.166. The van der Waals surface area contributed by atoms with Crippen molar-refractivity contribution in [2.24, 2.45) is 0 Å². The lowest BCUT2D eigenvalue weighted by atomic mass is 9.63. The van der Waals surface area contributed by atoms with Crippen LogP contribution in [-0.2, 0) is 0 Å². The highest BCUT2D eigenvalue weighted by Gasteiger charge is 2.27. The second-order valence-corrected chi connectivity index (χ2v) is 19.9. The van der Waals surface area contributed by atoms with Crippen molar-refractivity contribution < 1.29 is 4.42 Å². The van der Waals surface area contributed by atoms with Crippen LogP contribution in [0.2, 0.25) is 0 Å². The Morgan fingerprint density at radius 1 is 0.347 bits per heavy atom. The largest absolute Gasteiger partial charge is 0.456 e. The molecule has 0 bridgehead atoms. The summed E-state index contributed by atoms with van der Waals surface area (Å²) in [5, 5.41) is 4.64. The molecule has 0 aliphatic heterocycles. The Kier molecular flexibility index (Phi) is 11.0. The van der Waals surface area contributed by atoms with Crippen LogP contribution in [0.25, 0.3) is 117 Å². The van der Waals surface area contributed by atoms with Crippen LogP contribution in [0.3, 0.4) is 0 Å². The third-order valence-electron chi connectivity index (χ3n) is 15.7. The predicted octanol–water partition coefficient (Wildman–Crippen LogP) is -2.55. The molecule has 0 aliphatic carbocycles. The first-order valence-corrected chi connectivity index (χ1v) is 25.0. The zero-order valence-corrected chi connectivity index (χ0v) is 42.7. The lowest BCUT2D eigenvalue weighted by Crippen LogP contribution is -2.48. The Bertz CT molecular complexity index is 4140. The molecule has 0 saturated heterocycles. The van der Waals surface area contributed by atoms with Gasteiger partial charge in [0, 0.05) is 49.4 Å². The molecule has 0 spiro atoms. The van der Waals surface area contributed by atoms with E-state index in [0.717, 1.165) is 55.4 Å². The monoisotopic (exact) mass is 912 g/mol. The van der Waals surface area contributed by atoms with E-state index in [-0.39, 0.29) is 0 Å². The lowest BCUT2D eigenvalue weighted by molar-refractivity contribution is 0.669. The molecule has 0 fully saturated rings. The molecule has 5 nitrogen and oxygen atoms in total. The van der Waals surface area contributed by atoms with E-state index in [1.165, 1.54) is 98.7 Å². The average molecular weight is 911 g/mol. The lowest BCUT2D eigenvalue weighted by Gasteiger charge is -2.23. The van der Waals surface area contributed by atoms with Gasteiger partial charge < -0.3 is 8.98 Å². The summed E-state index contributed by atoms with van der Waals surface area (Å²) in [5.41, 5.74) is 28.4. The topological polar surface area (TPSA) is 56.7 Å². The minimum atomic E-state index is 0.593. The summed E-state index contributed by atoms with van der Waals surface area (Å²) in [6.45, 7) is 0. The van der Waals surface area contributed by atoms with Gasteiger partial charge in [-0.2, -0.15) is 0 Å². The molecule has 330 valence electrons. The zero-order valence-electron chi connectivity index (χ0n) is 42.7. The van der Waals surface area contributed by atoms with Crippen molar-refractivity contribution in [1.29, 1.82) is 0 Å². The van der Waals surface area contributed by atoms with E-state index in [2.05, 4.69) is 168 Å². The molecule has 0 radical (unpaired) electrons. The van der Waals surface area contributed by atoms with Crippen molar-refractivity contribution in [1.82, 2.24) is 19.5 Å². The first-order chi connectivity index (χ1) is 34.9. The molecule has 3 heterocycles. The minimum absolute atomic E-state index is 0.593. The summed E-state index contributed by atoms with van der Waals surface area (Å²) in [4.78, 5) is 15.3. The number of fused-ring (bicyclic) bond motifs is 6. The van der Waals surface area contributed by atoms with Crippen LogP contribution in [0.1, 0.15) is 0 Å². The molecule has 0 N–H and O–H groups in total. The summed E-state index contributed by atoms with van der Waals surface area (Å²) in [5.74, 6) is 1.83.